The quantitative estimate of drug-likeness (QED) is 0.464. The largest absolute Gasteiger partial charge is 0.334 e. The van der Waals surface area contributed by atoms with Crippen molar-refractivity contribution in [2.24, 2.45) is 5.10 Å². The van der Waals surface area contributed by atoms with Gasteiger partial charge in [0.05, 0.1) is 6.42 Å². The Morgan fingerprint density at radius 1 is 1.25 bits per heavy atom. The van der Waals surface area contributed by atoms with Crippen molar-refractivity contribution in [3.63, 3.8) is 0 Å². The van der Waals surface area contributed by atoms with E-state index < -0.39 is 11.8 Å². The molecule has 8 heteroatoms. The first-order chi connectivity index (χ1) is 11.5. The summed E-state index contributed by atoms with van der Waals surface area (Å²) in [5, 5.41) is 6.55. The summed E-state index contributed by atoms with van der Waals surface area (Å²) in [7, 11) is 0. The van der Waals surface area contributed by atoms with Crippen LogP contribution in [-0.4, -0.2) is 41.4 Å². The monoisotopic (exact) mass is 394 g/mol. The zero-order valence-electron chi connectivity index (χ0n) is 13.3. The molecule has 1 aromatic carbocycles. The van der Waals surface area contributed by atoms with Gasteiger partial charge >= 0.3 is 11.8 Å². The van der Waals surface area contributed by atoms with Crippen LogP contribution in [0.15, 0.2) is 33.8 Å². The highest BCUT2D eigenvalue weighted by Crippen LogP contribution is 2.15. The topological polar surface area (TPSA) is 90.9 Å². The van der Waals surface area contributed by atoms with Crippen molar-refractivity contribution in [2.75, 3.05) is 18.4 Å². The predicted molar refractivity (Wildman–Crippen MR) is 94.5 cm³/mol. The van der Waals surface area contributed by atoms with Crippen LogP contribution in [0.25, 0.3) is 0 Å². The van der Waals surface area contributed by atoms with Crippen molar-refractivity contribution in [2.45, 2.75) is 26.2 Å². The third kappa shape index (κ3) is 5.45. The number of nitrogens with zero attached hydrogens (tertiary/aromatic N) is 2. The molecule has 2 rings (SSSR count). The second-order valence-corrected chi connectivity index (χ2v) is 6.44. The fourth-order valence-electron chi connectivity index (χ4n) is 2.30. The van der Waals surface area contributed by atoms with Gasteiger partial charge in [0.15, 0.2) is 0 Å². The van der Waals surface area contributed by atoms with Gasteiger partial charge in [-0.15, -0.1) is 0 Å². The summed E-state index contributed by atoms with van der Waals surface area (Å²) in [6, 6.07) is 7.21. The van der Waals surface area contributed by atoms with Crippen molar-refractivity contribution >= 4 is 45.1 Å². The van der Waals surface area contributed by atoms with E-state index in [4.69, 9.17) is 0 Å². The molecule has 1 aromatic rings. The molecule has 0 aliphatic carbocycles. The molecule has 1 aliphatic heterocycles. The van der Waals surface area contributed by atoms with Crippen LogP contribution in [0.1, 0.15) is 26.2 Å². The Balaban J connectivity index is 1.81. The zero-order chi connectivity index (χ0) is 17.5. The van der Waals surface area contributed by atoms with E-state index >= 15 is 0 Å². The Kier molecular flexibility index (Phi) is 6.48. The van der Waals surface area contributed by atoms with Crippen molar-refractivity contribution < 1.29 is 14.4 Å². The Bertz CT molecular complexity index is 669. The lowest BCUT2D eigenvalue weighted by Crippen LogP contribution is -2.40. The molecule has 0 bridgehead atoms. The van der Waals surface area contributed by atoms with E-state index in [2.05, 4.69) is 31.8 Å². The summed E-state index contributed by atoms with van der Waals surface area (Å²) >= 11 is 3.33. The van der Waals surface area contributed by atoms with Crippen LogP contribution in [0.4, 0.5) is 5.69 Å². The molecule has 128 valence electrons. The number of carbonyl (C=O) groups is 3. The lowest BCUT2D eigenvalue weighted by Gasteiger charge is -2.13. The molecule has 24 heavy (non-hydrogen) atoms. The van der Waals surface area contributed by atoms with E-state index in [1.165, 1.54) is 4.90 Å². The molecule has 0 saturated carbocycles. The lowest BCUT2D eigenvalue weighted by molar-refractivity contribution is -0.145. The van der Waals surface area contributed by atoms with E-state index in [0.717, 1.165) is 17.3 Å². The summed E-state index contributed by atoms with van der Waals surface area (Å²) < 4.78 is 0.860. The molecular weight excluding hydrogens is 376 g/mol. The number of nitrogens with one attached hydrogen (secondary N) is 2. The van der Waals surface area contributed by atoms with Crippen molar-refractivity contribution in [3.05, 3.63) is 28.7 Å². The van der Waals surface area contributed by atoms with E-state index in [1.54, 1.807) is 19.1 Å². The third-order valence-electron chi connectivity index (χ3n) is 3.46. The Labute approximate surface area is 148 Å². The Hall–Kier alpha value is -2.22. The highest BCUT2D eigenvalue weighted by Gasteiger charge is 2.24. The normalized spacial score (nSPS) is 14.4. The Morgan fingerprint density at radius 2 is 1.96 bits per heavy atom. The number of hydrogen-bond donors (Lipinski definition) is 2. The molecule has 0 aromatic heterocycles. The van der Waals surface area contributed by atoms with Crippen LogP contribution in [0.5, 0.6) is 0 Å². The molecule has 1 heterocycles. The number of amides is 3. The van der Waals surface area contributed by atoms with Gasteiger partial charge in [-0.05, 0) is 38.0 Å². The first kappa shape index (κ1) is 18.1. The van der Waals surface area contributed by atoms with Crippen molar-refractivity contribution in [1.82, 2.24) is 10.3 Å². The number of anilines is 1. The molecule has 0 unspecified atom stereocenters. The number of likely N-dealkylation sites (tertiary alicyclic amines) is 1. The van der Waals surface area contributed by atoms with E-state index in [9.17, 15) is 14.4 Å². The summed E-state index contributed by atoms with van der Waals surface area (Å²) in [5.74, 6) is -1.61. The molecular formula is C16H19BrN4O3. The average Bonchev–Trinajstić information content (AvgIpc) is 3.06. The standard InChI is InChI=1S/C16H19BrN4O3/c1-11(9-14(22)18-13-6-4-5-12(17)10-13)19-20-15(23)16(24)21-7-2-3-8-21/h4-6,10H,2-3,7-9H2,1H3,(H,18,22)(H,20,23). The Morgan fingerprint density at radius 3 is 2.62 bits per heavy atom. The van der Waals surface area contributed by atoms with Gasteiger partial charge in [0.25, 0.3) is 0 Å². The van der Waals surface area contributed by atoms with E-state index in [-0.39, 0.29) is 12.3 Å². The first-order valence-corrected chi connectivity index (χ1v) is 8.43. The minimum Gasteiger partial charge on any atom is -0.334 e. The van der Waals surface area contributed by atoms with Crippen LogP contribution in [0.2, 0.25) is 0 Å². The van der Waals surface area contributed by atoms with Gasteiger partial charge in [-0.1, -0.05) is 22.0 Å². The van der Waals surface area contributed by atoms with Crippen molar-refractivity contribution in [3.8, 4) is 0 Å². The first-order valence-electron chi connectivity index (χ1n) is 7.63. The molecule has 1 aliphatic rings. The van der Waals surface area contributed by atoms with Gasteiger partial charge in [0.2, 0.25) is 5.91 Å². The average molecular weight is 395 g/mol. The molecule has 0 radical (unpaired) electrons. The lowest BCUT2D eigenvalue weighted by atomic mass is 10.2. The molecule has 3 amide bonds. The summed E-state index contributed by atoms with van der Waals surface area (Å²) in [6.07, 6.45) is 1.85. The fraction of sp³-hybridized carbons (Fsp3) is 0.375. The predicted octanol–water partition coefficient (Wildman–Crippen LogP) is 1.89. The van der Waals surface area contributed by atoms with Crippen LogP contribution in [0, 0.1) is 0 Å². The zero-order valence-corrected chi connectivity index (χ0v) is 14.9. The third-order valence-corrected chi connectivity index (χ3v) is 3.95. The SMILES string of the molecule is CC(CC(=O)Nc1cccc(Br)c1)=NNC(=O)C(=O)N1CCCC1. The maximum atomic E-state index is 11.9. The highest BCUT2D eigenvalue weighted by atomic mass is 79.9. The number of halogens is 1. The molecule has 2 N–H and O–H groups in total. The number of benzene rings is 1. The van der Waals surface area contributed by atoms with Gasteiger partial charge in [-0.25, -0.2) is 5.43 Å². The van der Waals surface area contributed by atoms with Crippen LogP contribution < -0.4 is 10.7 Å². The minimum absolute atomic E-state index is 0.0185. The fourth-order valence-corrected chi connectivity index (χ4v) is 2.70. The van der Waals surface area contributed by atoms with Crippen LogP contribution in [0.3, 0.4) is 0 Å². The van der Waals surface area contributed by atoms with Gasteiger partial charge in [-0.3, -0.25) is 14.4 Å². The number of carbonyl (C=O) groups excluding carboxylic acids is 3. The van der Waals surface area contributed by atoms with Crippen molar-refractivity contribution in [1.29, 1.82) is 0 Å². The number of rotatable bonds is 4. The highest BCUT2D eigenvalue weighted by molar-refractivity contribution is 9.10. The number of hydrogen-bond acceptors (Lipinski definition) is 4. The van der Waals surface area contributed by atoms with E-state index in [0.29, 0.717) is 24.5 Å². The van der Waals surface area contributed by atoms with Crippen LogP contribution in [-0.2, 0) is 14.4 Å². The van der Waals surface area contributed by atoms with Crippen LogP contribution >= 0.6 is 15.9 Å². The summed E-state index contributed by atoms with van der Waals surface area (Å²) in [6.45, 7) is 2.81. The second kappa shape index (κ2) is 8.58. The molecule has 1 fully saturated rings. The smallest absolute Gasteiger partial charge is 0.329 e. The molecule has 7 nitrogen and oxygen atoms in total. The summed E-state index contributed by atoms with van der Waals surface area (Å²) in [4.78, 5) is 37.0. The molecule has 0 spiro atoms. The number of hydrazone groups is 1. The minimum atomic E-state index is -0.774. The van der Waals surface area contributed by atoms with Gasteiger partial charge < -0.3 is 10.2 Å². The second-order valence-electron chi connectivity index (χ2n) is 5.52. The van der Waals surface area contributed by atoms with Gasteiger partial charge in [0, 0.05) is 29.0 Å². The maximum Gasteiger partial charge on any atom is 0.329 e. The van der Waals surface area contributed by atoms with Gasteiger partial charge in [-0.2, -0.15) is 5.10 Å². The van der Waals surface area contributed by atoms with E-state index in [1.807, 2.05) is 12.1 Å². The molecule has 0 atom stereocenters. The van der Waals surface area contributed by atoms with Gasteiger partial charge in [0.1, 0.15) is 0 Å². The maximum absolute atomic E-state index is 11.9. The molecule has 1 saturated heterocycles. The summed E-state index contributed by atoms with van der Waals surface area (Å²) in [5.41, 5.74) is 3.28.